The predicted octanol–water partition coefficient (Wildman–Crippen LogP) is 0.213. The van der Waals surface area contributed by atoms with Crippen LogP contribution in [0.2, 0.25) is 0 Å². The van der Waals surface area contributed by atoms with Crippen LogP contribution in [0.15, 0.2) is 0 Å². The molecule has 0 bridgehead atoms. The smallest absolute Gasteiger partial charge is 0.0635 e. The van der Waals surface area contributed by atoms with Crippen molar-refractivity contribution in [2.45, 2.75) is 18.9 Å². The van der Waals surface area contributed by atoms with Gasteiger partial charge in [0.1, 0.15) is 0 Å². The largest absolute Gasteiger partial charge is 0.396 e. The van der Waals surface area contributed by atoms with Crippen LogP contribution in [-0.4, -0.2) is 36.2 Å². The Morgan fingerprint density at radius 1 is 1.73 bits per heavy atom. The molecule has 0 radical (unpaired) electrons. The van der Waals surface area contributed by atoms with Crippen LogP contribution < -0.4 is 0 Å². The van der Waals surface area contributed by atoms with Crippen molar-refractivity contribution in [1.82, 2.24) is 4.90 Å². The molecule has 2 unspecified atom stereocenters. The van der Waals surface area contributed by atoms with Crippen LogP contribution in [0, 0.1) is 17.2 Å². The first kappa shape index (κ1) is 8.51. The van der Waals surface area contributed by atoms with Gasteiger partial charge in [0.05, 0.1) is 6.07 Å². The van der Waals surface area contributed by atoms with E-state index in [1.165, 1.54) is 0 Å². The van der Waals surface area contributed by atoms with Crippen molar-refractivity contribution in [1.29, 1.82) is 5.26 Å². The number of rotatable bonds is 4. The summed E-state index contributed by atoms with van der Waals surface area (Å²) in [5, 5.41) is 17.1. The second-order valence-corrected chi connectivity index (χ2v) is 3.13. The molecule has 0 aliphatic heterocycles. The van der Waals surface area contributed by atoms with Gasteiger partial charge in [0.15, 0.2) is 0 Å². The van der Waals surface area contributed by atoms with E-state index < -0.39 is 0 Å². The molecule has 1 fully saturated rings. The lowest BCUT2D eigenvalue weighted by Crippen LogP contribution is -2.23. The number of nitrogens with zero attached hydrogens (tertiary/aromatic N) is 2. The minimum absolute atomic E-state index is 0.293. The summed E-state index contributed by atoms with van der Waals surface area (Å²) in [6.45, 7) is 1.12. The molecule has 1 aliphatic carbocycles. The molecule has 11 heavy (non-hydrogen) atoms. The van der Waals surface area contributed by atoms with Crippen LogP contribution in [0.25, 0.3) is 0 Å². The van der Waals surface area contributed by atoms with Gasteiger partial charge in [0.2, 0.25) is 0 Å². The molecule has 3 nitrogen and oxygen atoms in total. The van der Waals surface area contributed by atoms with Crippen molar-refractivity contribution in [3.8, 4) is 6.07 Å². The summed E-state index contributed by atoms with van der Waals surface area (Å²) < 4.78 is 0. The maximum Gasteiger partial charge on any atom is 0.0635 e. The van der Waals surface area contributed by atoms with E-state index in [9.17, 15) is 0 Å². The van der Waals surface area contributed by atoms with Crippen LogP contribution in [0.4, 0.5) is 0 Å². The van der Waals surface area contributed by atoms with Gasteiger partial charge in [0, 0.05) is 25.6 Å². The third kappa shape index (κ3) is 2.18. The third-order valence-corrected chi connectivity index (χ3v) is 2.26. The summed E-state index contributed by atoms with van der Waals surface area (Å²) in [5.41, 5.74) is 0. The summed E-state index contributed by atoms with van der Waals surface area (Å²) >= 11 is 0. The molecule has 0 saturated heterocycles. The minimum atomic E-state index is 0.293. The van der Waals surface area contributed by atoms with Crippen LogP contribution in [-0.2, 0) is 0 Å². The summed E-state index contributed by atoms with van der Waals surface area (Å²) in [6, 6.07) is 2.65. The monoisotopic (exact) mass is 154 g/mol. The maximum absolute atomic E-state index is 8.76. The lowest BCUT2D eigenvalue weighted by atomic mass is 10.4. The van der Waals surface area contributed by atoms with E-state index in [4.69, 9.17) is 10.4 Å². The van der Waals surface area contributed by atoms with Crippen molar-refractivity contribution in [3.05, 3.63) is 0 Å². The average Bonchev–Trinajstić information content (AvgIpc) is 2.78. The van der Waals surface area contributed by atoms with Crippen molar-refractivity contribution in [2.75, 3.05) is 20.2 Å². The van der Waals surface area contributed by atoms with Gasteiger partial charge in [-0.1, -0.05) is 0 Å². The first-order valence-corrected chi connectivity index (χ1v) is 3.97. The molecule has 3 heteroatoms. The van der Waals surface area contributed by atoms with Gasteiger partial charge in [-0.3, -0.25) is 0 Å². The lowest BCUT2D eigenvalue weighted by molar-refractivity contribution is 0.241. The summed E-state index contributed by atoms with van der Waals surface area (Å²) in [7, 11) is 2.01. The molecule has 2 atom stereocenters. The molecule has 0 amide bonds. The van der Waals surface area contributed by atoms with Crippen LogP contribution in [0.3, 0.4) is 0 Å². The maximum atomic E-state index is 8.76. The van der Waals surface area contributed by atoms with Crippen LogP contribution >= 0.6 is 0 Å². The van der Waals surface area contributed by atoms with E-state index in [2.05, 4.69) is 11.0 Å². The van der Waals surface area contributed by atoms with Crippen LogP contribution in [0.1, 0.15) is 12.8 Å². The highest BCUT2D eigenvalue weighted by atomic mass is 16.3. The second-order valence-electron chi connectivity index (χ2n) is 3.13. The fourth-order valence-corrected chi connectivity index (χ4v) is 1.36. The quantitative estimate of drug-likeness (QED) is 0.629. The zero-order chi connectivity index (χ0) is 8.27. The molecule has 1 saturated carbocycles. The van der Waals surface area contributed by atoms with E-state index in [1.807, 2.05) is 7.05 Å². The Morgan fingerprint density at radius 2 is 2.45 bits per heavy atom. The topological polar surface area (TPSA) is 47.3 Å². The van der Waals surface area contributed by atoms with E-state index in [0.29, 0.717) is 25.0 Å². The Balaban J connectivity index is 2.13. The number of hydrogen-bond donors (Lipinski definition) is 1. The van der Waals surface area contributed by atoms with Gasteiger partial charge >= 0.3 is 0 Å². The molecule has 1 aliphatic rings. The van der Waals surface area contributed by atoms with Gasteiger partial charge in [-0.25, -0.2) is 0 Å². The highest BCUT2D eigenvalue weighted by Gasteiger charge is 2.38. The first-order chi connectivity index (χ1) is 5.29. The van der Waals surface area contributed by atoms with Crippen molar-refractivity contribution >= 4 is 0 Å². The Labute approximate surface area is 67.2 Å². The van der Waals surface area contributed by atoms with E-state index in [-0.39, 0.29) is 0 Å². The Hall–Kier alpha value is -0.590. The minimum Gasteiger partial charge on any atom is -0.396 e. The Kier molecular flexibility index (Phi) is 2.86. The van der Waals surface area contributed by atoms with Gasteiger partial charge in [-0.15, -0.1) is 0 Å². The zero-order valence-corrected chi connectivity index (χ0v) is 6.82. The average molecular weight is 154 g/mol. The molecule has 62 valence electrons. The fourth-order valence-electron chi connectivity index (χ4n) is 1.36. The molecule has 0 spiro atoms. The van der Waals surface area contributed by atoms with E-state index in [0.717, 1.165) is 13.0 Å². The molecule has 0 aromatic rings. The van der Waals surface area contributed by atoms with Gasteiger partial charge in [-0.05, 0) is 19.4 Å². The van der Waals surface area contributed by atoms with E-state index in [1.54, 1.807) is 0 Å². The van der Waals surface area contributed by atoms with Crippen molar-refractivity contribution < 1.29 is 5.11 Å². The number of aliphatic hydroxyl groups is 1. The SMILES string of the molecule is CN(CCC#N)C1CC1CO. The van der Waals surface area contributed by atoms with Gasteiger partial charge in [0.25, 0.3) is 0 Å². The zero-order valence-electron chi connectivity index (χ0n) is 6.82. The number of hydrogen-bond acceptors (Lipinski definition) is 3. The van der Waals surface area contributed by atoms with E-state index >= 15 is 0 Å². The summed E-state index contributed by atoms with van der Waals surface area (Å²) in [5.74, 6) is 0.471. The lowest BCUT2D eigenvalue weighted by Gasteiger charge is -2.13. The molecular weight excluding hydrogens is 140 g/mol. The second kappa shape index (κ2) is 3.70. The predicted molar refractivity (Wildman–Crippen MR) is 41.8 cm³/mol. The first-order valence-electron chi connectivity index (χ1n) is 3.97. The summed E-state index contributed by atoms with van der Waals surface area (Å²) in [6.07, 6.45) is 1.68. The normalized spacial score (nSPS) is 28.5. The van der Waals surface area contributed by atoms with Crippen LogP contribution in [0.5, 0.6) is 0 Å². The molecular formula is C8H14N2O. The molecule has 1 rings (SSSR count). The standard InChI is InChI=1S/C8H14N2O/c1-10(4-2-3-9)8-5-7(8)6-11/h7-8,11H,2,4-6H2,1H3. The Bertz CT molecular complexity index is 164. The van der Waals surface area contributed by atoms with Gasteiger partial charge in [-0.2, -0.15) is 5.26 Å². The van der Waals surface area contributed by atoms with Gasteiger partial charge < -0.3 is 10.0 Å². The molecule has 1 N–H and O–H groups in total. The third-order valence-electron chi connectivity index (χ3n) is 2.26. The summed E-state index contributed by atoms with van der Waals surface area (Å²) in [4.78, 5) is 2.16. The fraction of sp³-hybridized carbons (Fsp3) is 0.875. The Morgan fingerprint density at radius 3 is 2.91 bits per heavy atom. The van der Waals surface area contributed by atoms with Crippen molar-refractivity contribution in [3.63, 3.8) is 0 Å². The highest BCUT2D eigenvalue weighted by molar-refractivity contribution is 4.93. The highest BCUT2D eigenvalue weighted by Crippen LogP contribution is 2.33. The molecule has 0 aromatic heterocycles. The number of aliphatic hydroxyl groups excluding tert-OH is 1. The molecule has 0 heterocycles. The van der Waals surface area contributed by atoms with Crippen molar-refractivity contribution in [2.24, 2.45) is 5.92 Å². The molecule has 0 aromatic carbocycles. The number of nitriles is 1.